The van der Waals surface area contributed by atoms with E-state index in [4.69, 9.17) is 37.9 Å². The molecule has 11 atom stereocenters. The lowest BCUT2D eigenvalue weighted by atomic mass is 9.95. The van der Waals surface area contributed by atoms with Gasteiger partial charge in [-0.1, -0.05) is 60.7 Å². The topological polar surface area (TPSA) is 224 Å². The van der Waals surface area contributed by atoms with Gasteiger partial charge in [0.15, 0.2) is 31.1 Å². The number of rotatable bonds is 15. The quantitative estimate of drug-likeness (QED) is 0.111. The van der Waals surface area contributed by atoms with E-state index in [1.165, 1.54) is 13.8 Å². The summed E-state index contributed by atoms with van der Waals surface area (Å²) in [5, 5.41) is 28.1. The van der Waals surface area contributed by atoms with E-state index in [-0.39, 0.29) is 6.61 Å². The number of hydrogen-bond acceptors (Lipinski definition) is 15. The highest BCUT2D eigenvalue weighted by molar-refractivity contribution is 5.74. The lowest BCUT2D eigenvalue weighted by molar-refractivity contribution is -0.319. The van der Waals surface area contributed by atoms with Gasteiger partial charge in [0.1, 0.15) is 43.1 Å². The van der Waals surface area contributed by atoms with Crippen molar-refractivity contribution in [1.82, 2.24) is 10.6 Å². The van der Waals surface area contributed by atoms with Crippen molar-refractivity contribution in [1.29, 1.82) is 0 Å². The van der Waals surface area contributed by atoms with Crippen molar-refractivity contribution >= 4 is 29.7 Å². The molecule has 17 heteroatoms. The third-order valence-electron chi connectivity index (χ3n) is 8.17. The molecule has 2 aromatic carbocycles. The minimum atomic E-state index is -1.58. The molecule has 4 N–H and O–H groups in total. The van der Waals surface area contributed by atoms with Gasteiger partial charge < -0.3 is 58.7 Å². The number of hydrogen-bond donors (Lipinski definition) is 4. The zero-order valence-corrected chi connectivity index (χ0v) is 29.9. The molecular weight excluding hydrogens is 700 g/mol. The summed E-state index contributed by atoms with van der Waals surface area (Å²) in [4.78, 5) is 60.9. The van der Waals surface area contributed by atoms with Gasteiger partial charge in [0.05, 0.1) is 13.2 Å². The maximum Gasteiger partial charge on any atom is 0.303 e. The van der Waals surface area contributed by atoms with Gasteiger partial charge in [0.2, 0.25) is 11.8 Å². The third-order valence-corrected chi connectivity index (χ3v) is 8.17. The van der Waals surface area contributed by atoms with Crippen molar-refractivity contribution < 1.29 is 72.1 Å². The fourth-order valence-electron chi connectivity index (χ4n) is 5.97. The Bertz CT molecular complexity index is 1530. The summed E-state index contributed by atoms with van der Waals surface area (Å²) in [6.07, 6.45) is -12.5. The summed E-state index contributed by atoms with van der Waals surface area (Å²) < 4.78 is 46.6. The first kappa shape index (κ1) is 41.3. The largest absolute Gasteiger partial charge is 0.463 e. The van der Waals surface area contributed by atoms with Crippen molar-refractivity contribution in [2.45, 2.75) is 109 Å². The zero-order valence-electron chi connectivity index (χ0n) is 29.9. The predicted molar refractivity (Wildman–Crippen MR) is 180 cm³/mol. The Morgan fingerprint density at radius 2 is 1.21 bits per heavy atom. The smallest absolute Gasteiger partial charge is 0.303 e. The maximum atomic E-state index is 12.4. The number of aliphatic hydroxyl groups excluding tert-OH is 2. The number of carbonyl (C=O) groups is 5. The van der Waals surface area contributed by atoms with Crippen molar-refractivity contribution in [3.8, 4) is 0 Å². The average Bonchev–Trinajstić information content (AvgIpc) is 3.10. The number of benzene rings is 2. The highest BCUT2D eigenvalue weighted by Crippen LogP contribution is 2.32. The lowest BCUT2D eigenvalue weighted by Gasteiger charge is -2.47. The molecule has 2 aromatic rings. The number of esters is 3. The summed E-state index contributed by atoms with van der Waals surface area (Å²) in [5.41, 5.74) is 1.14. The molecule has 2 amide bonds. The molecule has 11 unspecified atom stereocenters. The van der Waals surface area contributed by atoms with Crippen LogP contribution in [0, 0.1) is 0 Å². The number of ether oxygens (including phenoxy) is 8. The second kappa shape index (κ2) is 19.5. The van der Waals surface area contributed by atoms with Crippen molar-refractivity contribution in [2.24, 2.45) is 0 Å². The van der Waals surface area contributed by atoms with E-state index in [0.29, 0.717) is 5.56 Å². The maximum absolute atomic E-state index is 12.4. The van der Waals surface area contributed by atoms with E-state index in [9.17, 15) is 34.2 Å². The van der Waals surface area contributed by atoms with Crippen molar-refractivity contribution in [3.05, 3.63) is 71.8 Å². The van der Waals surface area contributed by atoms with Crippen LogP contribution in [0.25, 0.3) is 0 Å². The minimum absolute atomic E-state index is 0.0228. The Morgan fingerprint density at radius 3 is 1.77 bits per heavy atom. The monoisotopic (exact) mass is 746 g/mol. The fraction of sp³-hybridized carbons (Fsp3) is 0.528. The van der Waals surface area contributed by atoms with Gasteiger partial charge in [-0.15, -0.1) is 0 Å². The Kier molecular flexibility index (Phi) is 15.2. The Labute approximate surface area is 306 Å². The first-order valence-electron chi connectivity index (χ1n) is 16.9. The summed E-state index contributed by atoms with van der Waals surface area (Å²) >= 11 is 0. The standard InChI is InChI=1S/C36H46N2O15/c1-19(39)37-28-32(53-34(45)25-14-10-7-11-15-25)30(44)26(51-35(28)47-16-24-12-8-6-9-13-24)17-48-36-29(38-20(2)40)33(50-23(5)43)31(49-22(4)42)27(52-36)18-46-21(3)41/h6-15,26-36,44-45H,16-18H2,1-5H3,(H,37,39)(H,38,40). The molecule has 290 valence electrons. The molecule has 0 spiro atoms. The second-order valence-electron chi connectivity index (χ2n) is 12.5. The highest BCUT2D eigenvalue weighted by atomic mass is 16.7. The number of carbonyl (C=O) groups excluding carboxylic acids is 5. The van der Waals surface area contributed by atoms with Crippen molar-refractivity contribution in [3.63, 3.8) is 0 Å². The molecule has 53 heavy (non-hydrogen) atoms. The van der Waals surface area contributed by atoms with Crippen LogP contribution in [0.5, 0.6) is 0 Å². The average molecular weight is 747 g/mol. The normalized spacial score (nSPS) is 28.9. The first-order chi connectivity index (χ1) is 25.2. The van der Waals surface area contributed by atoms with Gasteiger partial charge in [-0.2, -0.15) is 0 Å². The van der Waals surface area contributed by atoms with Gasteiger partial charge in [0, 0.05) is 40.2 Å². The van der Waals surface area contributed by atoms with Crippen LogP contribution >= 0.6 is 0 Å². The first-order valence-corrected chi connectivity index (χ1v) is 16.9. The van der Waals surface area contributed by atoms with Crippen LogP contribution < -0.4 is 10.6 Å². The Morgan fingerprint density at radius 1 is 0.679 bits per heavy atom. The molecule has 0 aliphatic carbocycles. The molecule has 0 aromatic heterocycles. The van der Waals surface area contributed by atoms with Crippen LogP contribution in [-0.2, 0) is 68.5 Å². The van der Waals surface area contributed by atoms with Crippen LogP contribution in [0.4, 0.5) is 0 Å². The predicted octanol–water partition coefficient (Wildman–Crippen LogP) is 0.543. The van der Waals surface area contributed by atoms with E-state index in [0.717, 1.165) is 26.3 Å². The van der Waals surface area contributed by atoms with Gasteiger partial charge >= 0.3 is 17.9 Å². The van der Waals surface area contributed by atoms with Gasteiger partial charge in [-0.25, -0.2) is 0 Å². The molecular formula is C36H46N2O15. The Balaban J connectivity index is 1.66. The number of nitrogens with one attached hydrogen (secondary N) is 2. The minimum Gasteiger partial charge on any atom is -0.463 e. The summed E-state index contributed by atoms with van der Waals surface area (Å²) in [7, 11) is 0. The summed E-state index contributed by atoms with van der Waals surface area (Å²) in [6, 6.07) is 15.0. The van der Waals surface area contributed by atoms with Crippen LogP contribution in [0.15, 0.2) is 60.7 Å². The molecule has 2 aliphatic heterocycles. The van der Waals surface area contributed by atoms with E-state index in [1.54, 1.807) is 30.3 Å². The molecule has 2 saturated heterocycles. The molecule has 0 radical (unpaired) electrons. The zero-order chi connectivity index (χ0) is 38.7. The molecule has 4 rings (SSSR count). The van der Waals surface area contributed by atoms with E-state index in [1.807, 2.05) is 30.3 Å². The highest BCUT2D eigenvalue weighted by Gasteiger charge is 2.53. The lowest BCUT2D eigenvalue weighted by Crippen LogP contribution is -2.68. The van der Waals surface area contributed by atoms with Crippen LogP contribution in [-0.4, -0.2) is 114 Å². The van der Waals surface area contributed by atoms with Crippen LogP contribution in [0.1, 0.15) is 52.0 Å². The van der Waals surface area contributed by atoms with Crippen molar-refractivity contribution in [2.75, 3.05) is 13.2 Å². The number of aliphatic hydroxyl groups is 2. The van der Waals surface area contributed by atoms with E-state index < -0.39 is 111 Å². The molecule has 17 nitrogen and oxygen atoms in total. The van der Waals surface area contributed by atoms with Gasteiger partial charge in [-0.3, -0.25) is 24.0 Å². The van der Waals surface area contributed by atoms with Gasteiger partial charge in [0.25, 0.3) is 0 Å². The summed E-state index contributed by atoms with van der Waals surface area (Å²) in [5.74, 6) is -3.34. The van der Waals surface area contributed by atoms with Crippen LogP contribution in [0.2, 0.25) is 0 Å². The van der Waals surface area contributed by atoms with Gasteiger partial charge in [-0.05, 0) is 5.56 Å². The molecule has 0 bridgehead atoms. The van der Waals surface area contributed by atoms with Crippen LogP contribution in [0.3, 0.4) is 0 Å². The summed E-state index contributed by atoms with van der Waals surface area (Å²) in [6.45, 7) is 4.91. The Hall–Kier alpha value is -4.49. The molecule has 2 fully saturated rings. The second-order valence-corrected chi connectivity index (χ2v) is 12.5. The number of amides is 2. The molecule has 2 heterocycles. The molecule has 2 aliphatic rings. The fourth-order valence-corrected chi connectivity index (χ4v) is 5.97. The van der Waals surface area contributed by atoms with E-state index in [2.05, 4.69) is 10.6 Å². The van der Waals surface area contributed by atoms with E-state index >= 15 is 0 Å². The SMILES string of the molecule is CC(=O)NC1C(OCc2ccccc2)OC(COC2OC(COC(C)=O)C(OC(C)=O)C(OC(C)=O)C2NC(C)=O)C(O)C1OC(O)c1ccccc1. The molecule has 0 saturated carbocycles. The third kappa shape index (κ3) is 12.0.